The maximum atomic E-state index is 13.0. The minimum Gasteiger partial charge on any atom is -0.330 e. The molecule has 0 saturated carbocycles. The Labute approximate surface area is 148 Å². The number of aromatic amines is 1. The first-order valence-corrected chi connectivity index (χ1v) is 9.33. The number of hydrogen-bond acceptors (Lipinski definition) is 6. The number of aryl methyl sites for hydroxylation is 1. The zero-order chi connectivity index (χ0) is 17.6. The van der Waals surface area contributed by atoms with Gasteiger partial charge in [0.2, 0.25) is 15.8 Å². The third-order valence-electron chi connectivity index (χ3n) is 4.21. The van der Waals surface area contributed by atoms with Crippen LogP contribution in [0.2, 0.25) is 5.02 Å². The second-order valence-corrected chi connectivity index (χ2v) is 8.01. The molecule has 3 aromatic rings. The minimum atomic E-state index is -3.68. The SMILES string of the molecule is Cc1ncc2n1CCN(S(=O)(=O)c1ccc(Cl)c(-c3nn[nH]n3)c1)C2. The number of aromatic nitrogens is 6. The summed E-state index contributed by atoms with van der Waals surface area (Å²) in [5.74, 6) is 1.13. The van der Waals surface area contributed by atoms with Crippen LogP contribution < -0.4 is 0 Å². The van der Waals surface area contributed by atoms with Crippen molar-refractivity contribution in [3.05, 3.63) is 40.9 Å². The fourth-order valence-electron chi connectivity index (χ4n) is 2.88. The number of nitrogens with one attached hydrogen (secondary N) is 1. The van der Waals surface area contributed by atoms with Gasteiger partial charge in [0.05, 0.1) is 22.2 Å². The van der Waals surface area contributed by atoms with Crippen LogP contribution in [0.15, 0.2) is 29.3 Å². The van der Waals surface area contributed by atoms with Crippen molar-refractivity contribution in [3.8, 4) is 11.4 Å². The molecule has 9 nitrogen and oxygen atoms in total. The lowest BCUT2D eigenvalue weighted by Gasteiger charge is -2.28. The second-order valence-electron chi connectivity index (χ2n) is 5.66. The van der Waals surface area contributed by atoms with Gasteiger partial charge in [-0.05, 0) is 30.3 Å². The van der Waals surface area contributed by atoms with Gasteiger partial charge >= 0.3 is 0 Å². The summed E-state index contributed by atoms with van der Waals surface area (Å²) in [6, 6.07) is 4.48. The van der Waals surface area contributed by atoms with Crippen molar-refractivity contribution in [2.24, 2.45) is 0 Å². The number of H-pyrrole nitrogens is 1. The maximum Gasteiger partial charge on any atom is 0.243 e. The van der Waals surface area contributed by atoms with E-state index in [1.165, 1.54) is 22.5 Å². The molecule has 1 aliphatic rings. The molecule has 0 bridgehead atoms. The molecule has 0 atom stereocenters. The first-order chi connectivity index (χ1) is 12.0. The molecule has 0 radical (unpaired) electrons. The van der Waals surface area contributed by atoms with Gasteiger partial charge in [0, 0.05) is 24.8 Å². The van der Waals surface area contributed by atoms with Crippen LogP contribution in [0, 0.1) is 6.92 Å². The summed E-state index contributed by atoms with van der Waals surface area (Å²) in [6.07, 6.45) is 1.71. The van der Waals surface area contributed by atoms with Crippen molar-refractivity contribution in [2.45, 2.75) is 24.9 Å². The van der Waals surface area contributed by atoms with Crippen LogP contribution in [0.3, 0.4) is 0 Å². The molecule has 0 amide bonds. The van der Waals surface area contributed by atoms with E-state index >= 15 is 0 Å². The average molecular weight is 380 g/mol. The molecule has 1 aliphatic heterocycles. The van der Waals surface area contributed by atoms with E-state index in [0.29, 0.717) is 23.7 Å². The number of fused-ring (bicyclic) bond motifs is 1. The van der Waals surface area contributed by atoms with Gasteiger partial charge in [-0.15, -0.1) is 10.2 Å². The number of halogens is 1. The highest BCUT2D eigenvalue weighted by atomic mass is 35.5. The summed E-state index contributed by atoms with van der Waals surface area (Å²) in [5, 5.41) is 13.9. The van der Waals surface area contributed by atoms with Gasteiger partial charge in [0.15, 0.2) is 0 Å². The third kappa shape index (κ3) is 2.71. The predicted octanol–water partition coefficient (Wildman–Crippen LogP) is 1.23. The number of imidazole rings is 1. The molecular formula is C14H14ClN7O2S. The van der Waals surface area contributed by atoms with E-state index < -0.39 is 10.0 Å². The Morgan fingerprint density at radius 2 is 2.12 bits per heavy atom. The first-order valence-electron chi connectivity index (χ1n) is 7.51. The summed E-state index contributed by atoms with van der Waals surface area (Å²) in [5.41, 5.74) is 1.29. The number of rotatable bonds is 3. The van der Waals surface area contributed by atoms with Gasteiger partial charge in [0.25, 0.3) is 0 Å². The lowest BCUT2D eigenvalue weighted by atomic mass is 10.2. The Morgan fingerprint density at radius 3 is 2.88 bits per heavy atom. The molecule has 0 saturated heterocycles. The number of benzene rings is 1. The lowest BCUT2D eigenvalue weighted by molar-refractivity contribution is 0.339. The molecule has 1 aromatic carbocycles. The van der Waals surface area contributed by atoms with E-state index in [0.717, 1.165) is 11.5 Å². The Bertz CT molecular complexity index is 1030. The monoisotopic (exact) mass is 379 g/mol. The minimum absolute atomic E-state index is 0.140. The highest BCUT2D eigenvalue weighted by Crippen LogP contribution is 2.30. The average Bonchev–Trinajstić information content (AvgIpc) is 3.25. The number of sulfonamides is 1. The number of nitrogens with zero attached hydrogens (tertiary/aromatic N) is 6. The second kappa shape index (κ2) is 5.90. The summed E-state index contributed by atoms with van der Waals surface area (Å²) < 4.78 is 29.5. The van der Waals surface area contributed by atoms with Crippen molar-refractivity contribution in [1.29, 1.82) is 0 Å². The van der Waals surface area contributed by atoms with E-state index in [4.69, 9.17) is 11.6 Å². The largest absolute Gasteiger partial charge is 0.330 e. The molecule has 25 heavy (non-hydrogen) atoms. The highest BCUT2D eigenvalue weighted by molar-refractivity contribution is 7.89. The molecular weight excluding hydrogens is 366 g/mol. The van der Waals surface area contributed by atoms with Gasteiger partial charge < -0.3 is 4.57 Å². The molecule has 0 spiro atoms. The van der Waals surface area contributed by atoms with Gasteiger partial charge in [-0.3, -0.25) is 0 Å². The summed E-state index contributed by atoms with van der Waals surface area (Å²) >= 11 is 6.15. The van der Waals surface area contributed by atoms with Crippen LogP contribution in [0.25, 0.3) is 11.4 Å². The normalized spacial score (nSPS) is 15.3. The van der Waals surface area contributed by atoms with E-state index in [1.807, 2.05) is 11.5 Å². The summed E-state index contributed by atoms with van der Waals surface area (Å²) in [7, 11) is -3.68. The predicted molar refractivity (Wildman–Crippen MR) is 89.2 cm³/mol. The number of tetrazole rings is 1. The Morgan fingerprint density at radius 1 is 1.28 bits per heavy atom. The lowest BCUT2D eigenvalue weighted by Crippen LogP contribution is -2.38. The molecule has 1 N–H and O–H groups in total. The van der Waals surface area contributed by atoms with Crippen molar-refractivity contribution in [2.75, 3.05) is 6.54 Å². The zero-order valence-corrected chi connectivity index (χ0v) is 14.8. The van der Waals surface area contributed by atoms with Crippen LogP contribution in [0.4, 0.5) is 0 Å². The molecule has 130 valence electrons. The van der Waals surface area contributed by atoms with Gasteiger partial charge in [-0.25, -0.2) is 13.4 Å². The Hall–Kier alpha value is -2.30. The molecule has 2 aromatic heterocycles. The Balaban J connectivity index is 1.71. The molecule has 0 aliphatic carbocycles. The van der Waals surface area contributed by atoms with Crippen LogP contribution in [0.5, 0.6) is 0 Å². The van der Waals surface area contributed by atoms with Crippen molar-refractivity contribution < 1.29 is 8.42 Å². The molecule has 4 rings (SSSR count). The van der Waals surface area contributed by atoms with Crippen molar-refractivity contribution >= 4 is 21.6 Å². The summed E-state index contributed by atoms with van der Waals surface area (Å²) in [4.78, 5) is 4.38. The molecule has 3 heterocycles. The topological polar surface area (TPSA) is 110 Å². The van der Waals surface area contributed by atoms with Crippen LogP contribution >= 0.6 is 11.6 Å². The standard InChI is InChI=1S/C14H14ClN7O2S/c1-9-16-7-10-8-21(4-5-22(9)10)25(23,24)11-2-3-13(15)12(6-11)14-17-19-20-18-14/h2-3,6-7H,4-5,8H2,1H3,(H,17,18,19,20). The fraction of sp³-hybridized carbons (Fsp3) is 0.286. The molecule has 0 unspecified atom stereocenters. The van der Waals surface area contributed by atoms with E-state index in [2.05, 4.69) is 25.6 Å². The van der Waals surface area contributed by atoms with E-state index in [-0.39, 0.29) is 17.3 Å². The van der Waals surface area contributed by atoms with Gasteiger partial charge in [-0.1, -0.05) is 11.6 Å². The fourth-order valence-corrected chi connectivity index (χ4v) is 4.52. The van der Waals surface area contributed by atoms with Crippen molar-refractivity contribution in [3.63, 3.8) is 0 Å². The quantitative estimate of drug-likeness (QED) is 0.732. The van der Waals surface area contributed by atoms with Crippen molar-refractivity contribution in [1.82, 2.24) is 34.5 Å². The maximum absolute atomic E-state index is 13.0. The van der Waals surface area contributed by atoms with Crippen LogP contribution in [-0.2, 0) is 23.1 Å². The van der Waals surface area contributed by atoms with E-state index in [1.54, 1.807) is 6.20 Å². The first kappa shape index (κ1) is 16.2. The molecule has 11 heteroatoms. The van der Waals surface area contributed by atoms with Crippen LogP contribution in [0.1, 0.15) is 11.5 Å². The van der Waals surface area contributed by atoms with Gasteiger partial charge in [-0.2, -0.15) is 9.52 Å². The zero-order valence-electron chi connectivity index (χ0n) is 13.2. The smallest absolute Gasteiger partial charge is 0.243 e. The summed E-state index contributed by atoms with van der Waals surface area (Å²) in [6.45, 7) is 3.14. The number of hydrogen-bond donors (Lipinski definition) is 1. The third-order valence-corrected chi connectivity index (χ3v) is 6.38. The molecule has 0 fully saturated rings. The highest BCUT2D eigenvalue weighted by Gasteiger charge is 2.30. The Kier molecular flexibility index (Phi) is 3.82. The van der Waals surface area contributed by atoms with Crippen LogP contribution in [-0.4, -0.2) is 49.4 Å². The van der Waals surface area contributed by atoms with Gasteiger partial charge in [0.1, 0.15) is 5.82 Å². The van der Waals surface area contributed by atoms with E-state index in [9.17, 15) is 8.42 Å².